The SMILES string of the molecule is CCOC(=O)c1sc(=S)n(Cc2ccccc2)c1N=C(SC)SC. The van der Waals surface area contributed by atoms with E-state index in [0.29, 0.717) is 27.8 Å². The molecule has 2 aromatic rings. The van der Waals surface area contributed by atoms with Gasteiger partial charge in [0.2, 0.25) is 0 Å². The maximum atomic E-state index is 12.3. The molecule has 0 spiro atoms. The molecule has 0 aliphatic heterocycles. The highest BCUT2D eigenvalue weighted by Crippen LogP contribution is 2.31. The van der Waals surface area contributed by atoms with Crippen LogP contribution in [-0.4, -0.2) is 34.0 Å². The van der Waals surface area contributed by atoms with Gasteiger partial charge in [0.15, 0.2) is 14.6 Å². The van der Waals surface area contributed by atoms with Crippen LogP contribution >= 0.6 is 47.1 Å². The summed E-state index contributed by atoms with van der Waals surface area (Å²) in [5.74, 6) is 0.201. The van der Waals surface area contributed by atoms with Gasteiger partial charge in [0.1, 0.15) is 4.38 Å². The van der Waals surface area contributed by atoms with Gasteiger partial charge in [0.05, 0.1) is 13.2 Å². The zero-order chi connectivity index (χ0) is 17.5. The van der Waals surface area contributed by atoms with Crippen LogP contribution in [0.25, 0.3) is 0 Å². The van der Waals surface area contributed by atoms with Gasteiger partial charge < -0.3 is 9.30 Å². The van der Waals surface area contributed by atoms with Gasteiger partial charge in [-0.15, -0.1) is 23.5 Å². The lowest BCUT2D eigenvalue weighted by Gasteiger charge is -2.08. The molecule has 0 saturated heterocycles. The Morgan fingerprint density at radius 3 is 2.54 bits per heavy atom. The molecule has 0 bridgehead atoms. The number of esters is 1. The molecule has 0 amide bonds. The van der Waals surface area contributed by atoms with Gasteiger partial charge in [0.25, 0.3) is 0 Å². The number of benzene rings is 1. The molecule has 0 saturated carbocycles. The van der Waals surface area contributed by atoms with Gasteiger partial charge in [-0.3, -0.25) is 0 Å². The smallest absolute Gasteiger partial charge is 0.352 e. The summed E-state index contributed by atoms with van der Waals surface area (Å²) in [4.78, 5) is 17.4. The van der Waals surface area contributed by atoms with Gasteiger partial charge in [-0.05, 0) is 37.2 Å². The number of thioether (sulfide) groups is 2. The Morgan fingerprint density at radius 1 is 1.29 bits per heavy atom. The Hall–Kier alpha value is -1.09. The maximum absolute atomic E-state index is 12.3. The number of hydrogen-bond donors (Lipinski definition) is 0. The molecule has 4 nitrogen and oxygen atoms in total. The first-order valence-electron chi connectivity index (χ1n) is 7.22. The quantitative estimate of drug-likeness (QED) is 0.299. The summed E-state index contributed by atoms with van der Waals surface area (Å²) in [5, 5.41) is 0. The summed E-state index contributed by atoms with van der Waals surface area (Å²) < 4.78 is 8.55. The minimum Gasteiger partial charge on any atom is -0.462 e. The van der Waals surface area contributed by atoms with Crippen LogP contribution in [0.5, 0.6) is 0 Å². The number of aliphatic imine (C=N–C) groups is 1. The molecule has 0 unspecified atom stereocenters. The Morgan fingerprint density at radius 2 is 1.96 bits per heavy atom. The van der Waals surface area contributed by atoms with Crippen molar-refractivity contribution in [3.8, 4) is 0 Å². The second-order valence-corrected chi connectivity index (χ2v) is 8.09. The fourth-order valence-electron chi connectivity index (χ4n) is 2.00. The van der Waals surface area contributed by atoms with Crippen LogP contribution in [0.4, 0.5) is 5.82 Å². The van der Waals surface area contributed by atoms with E-state index in [2.05, 4.69) is 4.99 Å². The predicted molar refractivity (Wildman–Crippen MR) is 109 cm³/mol. The molecule has 24 heavy (non-hydrogen) atoms. The molecular weight excluding hydrogens is 380 g/mol. The Labute approximate surface area is 159 Å². The Kier molecular flexibility index (Phi) is 7.54. The molecule has 0 aliphatic rings. The summed E-state index contributed by atoms with van der Waals surface area (Å²) in [6.45, 7) is 2.68. The zero-order valence-corrected chi connectivity index (χ0v) is 16.9. The lowest BCUT2D eigenvalue weighted by Crippen LogP contribution is -2.05. The number of ether oxygens (including phenoxy) is 1. The van der Waals surface area contributed by atoms with Crippen LogP contribution in [0.2, 0.25) is 0 Å². The third-order valence-corrected chi connectivity index (χ3v) is 6.36. The van der Waals surface area contributed by atoms with E-state index in [0.717, 1.165) is 9.94 Å². The van der Waals surface area contributed by atoms with Crippen LogP contribution < -0.4 is 0 Å². The molecule has 1 heterocycles. The minimum absolute atomic E-state index is 0.323. The Bertz CT molecular complexity index is 775. The molecule has 0 aliphatic carbocycles. The van der Waals surface area contributed by atoms with Crippen molar-refractivity contribution in [3.05, 3.63) is 44.7 Å². The molecule has 0 atom stereocenters. The number of hydrogen-bond acceptors (Lipinski definition) is 7. The van der Waals surface area contributed by atoms with E-state index in [1.54, 1.807) is 30.4 Å². The third-order valence-electron chi connectivity index (χ3n) is 3.06. The van der Waals surface area contributed by atoms with Crippen molar-refractivity contribution in [2.75, 3.05) is 19.1 Å². The molecular formula is C16H18N2O2S4. The second-order valence-electron chi connectivity index (χ2n) is 4.60. The zero-order valence-electron chi connectivity index (χ0n) is 13.6. The van der Waals surface area contributed by atoms with Crippen LogP contribution in [-0.2, 0) is 11.3 Å². The van der Waals surface area contributed by atoms with E-state index in [9.17, 15) is 4.79 Å². The largest absolute Gasteiger partial charge is 0.462 e. The van der Waals surface area contributed by atoms with E-state index in [-0.39, 0.29) is 5.97 Å². The monoisotopic (exact) mass is 398 g/mol. The highest BCUT2D eigenvalue weighted by atomic mass is 32.2. The van der Waals surface area contributed by atoms with Crippen molar-refractivity contribution in [3.63, 3.8) is 0 Å². The maximum Gasteiger partial charge on any atom is 0.352 e. The number of carbonyl (C=O) groups excluding carboxylic acids is 1. The molecule has 8 heteroatoms. The van der Waals surface area contributed by atoms with E-state index >= 15 is 0 Å². The van der Waals surface area contributed by atoms with Gasteiger partial charge in [-0.2, -0.15) is 0 Å². The molecule has 1 aromatic heterocycles. The molecule has 0 N–H and O–H groups in total. The lowest BCUT2D eigenvalue weighted by atomic mass is 10.2. The van der Waals surface area contributed by atoms with Gasteiger partial charge in [-0.1, -0.05) is 41.7 Å². The fourth-order valence-corrected chi connectivity index (χ4v) is 4.25. The van der Waals surface area contributed by atoms with E-state index < -0.39 is 0 Å². The van der Waals surface area contributed by atoms with Crippen molar-refractivity contribution >= 4 is 63.2 Å². The summed E-state index contributed by atoms with van der Waals surface area (Å²) in [6.07, 6.45) is 3.92. The lowest BCUT2D eigenvalue weighted by molar-refractivity contribution is 0.0532. The fraction of sp³-hybridized carbons (Fsp3) is 0.312. The topological polar surface area (TPSA) is 43.6 Å². The number of carbonyl (C=O) groups is 1. The number of nitrogens with zero attached hydrogens (tertiary/aromatic N) is 2. The molecule has 0 fully saturated rings. The van der Waals surface area contributed by atoms with Crippen molar-refractivity contribution in [2.24, 2.45) is 4.99 Å². The highest BCUT2D eigenvalue weighted by molar-refractivity contribution is 8.38. The Balaban J connectivity index is 2.54. The standard InChI is InChI=1S/C16H18N2O2S4/c1-4-20-14(19)12-13(17-15(22-2)23-3)18(16(21)24-12)10-11-8-6-5-7-9-11/h5-9H,4,10H2,1-3H3. The van der Waals surface area contributed by atoms with E-state index in [4.69, 9.17) is 17.0 Å². The van der Waals surface area contributed by atoms with Crippen LogP contribution in [0.1, 0.15) is 22.2 Å². The minimum atomic E-state index is -0.374. The molecule has 0 radical (unpaired) electrons. The van der Waals surface area contributed by atoms with Crippen LogP contribution in [0, 0.1) is 3.95 Å². The summed E-state index contributed by atoms with van der Waals surface area (Å²) in [7, 11) is 0. The highest BCUT2D eigenvalue weighted by Gasteiger charge is 2.21. The number of rotatable bonds is 5. The van der Waals surface area contributed by atoms with Crippen LogP contribution in [0.3, 0.4) is 0 Å². The third kappa shape index (κ3) is 4.72. The van der Waals surface area contributed by atoms with E-state index in [1.807, 2.05) is 47.4 Å². The first-order valence-corrected chi connectivity index (χ1v) is 10.9. The molecule has 1 aromatic carbocycles. The second kappa shape index (κ2) is 9.41. The molecule has 2 rings (SSSR count). The average Bonchev–Trinajstić information content (AvgIpc) is 2.90. The number of aromatic nitrogens is 1. The first-order chi connectivity index (χ1) is 11.6. The van der Waals surface area contributed by atoms with Gasteiger partial charge in [-0.25, -0.2) is 9.79 Å². The van der Waals surface area contributed by atoms with Crippen molar-refractivity contribution in [1.29, 1.82) is 0 Å². The number of thiazole rings is 1. The van der Waals surface area contributed by atoms with Gasteiger partial charge >= 0.3 is 5.97 Å². The molecule has 128 valence electrons. The summed E-state index contributed by atoms with van der Waals surface area (Å²) in [6, 6.07) is 9.99. The first kappa shape index (κ1) is 19.2. The van der Waals surface area contributed by atoms with Gasteiger partial charge in [0, 0.05) is 0 Å². The van der Waals surface area contributed by atoms with Crippen LogP contribution in [0.15, 0.2) is 35.3 Å². The average molecular weight is 399 g/mol. The van der Waals surface area contributed by atoms with E-state index in [1.165, 1.54) is 11.3 Å². The van der Waals surface area contributed by atoms with Crippen molar-refractivity contribution < 1.29 is 9.53 Å². The van der Waals surface area contributed by atoms with Crippen molar-refractivity contribution in [1.82, 2.24) is 4.57 Å². The summed E-state index contributed by atoms with van der Waals surface area (Å²) >= 11 is 9.81. The van der Waals surface area contributed by atoms with Crippen molar-refractivity contribution in [2.45, 2.75) is 13.5 Å². The normalized spacial score (nSPS) is 10.5. The summed E-state index contributed by atoms with van der Waals surface area (Å²) in [5.41, 5.74) is 1.10. The predicted octanol–water partition coefficient (Wildman–Crippen LogP) is 5.22.